The van der Waals surface area contributed by atoms with Crippen LogP contribution in [0.1, 0.15) is 30.6 Å². The number of thioether (sulfide) groups is 1. The third kappa shape index (κ3) is 3.85. The second kappa shape index (κ2) is 8.27. The second-order valence-corrected chi connectivity index (χ2v) is 7.26. The Morgan fingerprint density at radius 1 is 1.15 bits per heavy atom. The highest BCUT2D eigenvalue weighted by Gasteiger charge is 2.28. The molecule has 0 spiro atoms. The molecule has 2 aromatic carbocycles. The maximum absolute atomic E-state index is 13.0. The van der Waals surface area contributed by atoms with E-state index in [0.717, 1.165) is 17.0 Å². The van der Waals surface area contributed by atoms with Crippen molar-refractivity contribution in [1.82, 2.24) is 0 Å². The number of esters is 1. The maximum Gasteiger partial charge on any atom is 0.340 e. The van der Waals surface area contributed by atoms with E-state index in [1.54, 1.807) is 47.9 Å². The number of nitrogens with one attached hydrogen (secondary N) is 1. The van der Waals surface area contributed by atoms with Gasteiger partial charge in [-0.2, -0.15) is 0 Å². The van der Waals surface area contributed by atoms with Gasteiger partial charge in [0.2, 0.25) is 0 Å². The predicted molar refractivity (Wildman–Crippen MR) is 105 cm³/mol. The summed E-state index contributed by atoms with van der Waals surface area (Å²) in [7, 11) is 0. The minimum atomic E-state index is -0.440. The van der Waals surface area contributed by atoms with Gasteiger partial charge in [0, 0.05) is 16.7 Å². The lowest BCUT2D eigenvalue weighted by Crippen LogP contribution is -2.42. The van der Waals surface area contributed by atoms with Gasteiger partial charge in [-0.25, -0.2) is 9.59 Å². The molecule has 26 heavy (non-hydrogen) atoms. The first kappa shape index (κ1) is 18.3. The van der Waals surface area contributed by atoms with Gasteiger partial charge in [-0.15, -0.1) is 11.8 Å². The van der Waals surface area contributed by atoms with Crippen LogP contribution in [0.25, 0.3) is 0 Å². The predicted octanol–water partition coefficient (Wildman–Crippen LogP) is 4.79. The molecule has 1 aliphatic rings. The Hall–Kier alpha value is -2.47. The molecular weight excluding hydrogens is 348 g/mol. The summed E-state index contributed by atoms with van der Waals surface area (Å²) in [5, 5.41) is 3.23. The van der Waals surface area contributed by atoms with Crippen molar-refractivity contribution in [3.8, 4) is 0 Å². The number of urea groups is 1. The summed E-state index contributed by atoms with van der Waals surface area (Å²) in [5.74, 6) is -0.440. The zero-order chi connectivity index (χ0) is 18.5. The Kier molecular flexibility index (Phi) is 5.83. The number of fused-ring (bicyclic) bond motifs is 1. The van der Waals surface area contributed by atoms with E-state index in [1.165, 1.54) is 0 Å². The highest BCUT2D eigenvalue weighted by molar-refractivity contribution is 8.00. The van der Waals surface area contributed by atoms with E-state index in [-0.39, 0.29) is 12.6 Å². The lowest BCUT2D eigenvalue weighted by molar-refractivity contribution is 0.0527. The molecule has 6 heteroatoms. The molecule has 0 saturated carbocycles. The summed E-state index contributed by atoms with van der Waals surface area (Å²) in [6, 6.07) is 14.6. The molecule has 0 radical (unpaired) electrons. The Morgan fingerprint density at radius 3 is 2.65 bits per heavy atom. The van der Waals surface area contributed by atoms with Gasteiger partial charge in [0.05, 0.1) is 23.5 Å². The standard InChI is InChI=1S/C20H22N2O3S/c1-3-14-13-22(17-11-7-8-12-18(17)26-14)20(24)21-16-10-6-5-9-15(16)19(23)25-4-2/h5-12,14H,3-4,13H2,1-2H3,(H,21,24)/t14-/m0/s1. The van der Waals surface area contributed by atoms with Crippen LogP contribution in [0.4, 0.5) is 16.2 Å². The third-order valence-corrected chi connectivity index (χ3v) is 5.62. The van der Waals surface area contributed by atoms with Crippen LogP contribution in [-0.2, 0) is 4.74 Å². The smallest absolute Gasteiger partial charge is 0.340 e. The number of amides is 2. The van der Waals surface area contributed by atoms with Crippen molar-refractivity contribution in [2.45, 2.75) is 30.4 Å². The molecule has 1 aliphatic heterocycles. The summed E-state index contributed by atoms with van der Waals surface area (Å²) in [4.78, 5) is 28.0. The number of carbonyl (C=O) groups excluding carboxylic acids is 2. The quantitative estimate of drug-likeness (QED) is 0.787. The number of para-hydroxylation sites is 2. The third-order valence-electron chi connectivity index (χ3n) is 4.20. The van der Waals surface area contributed by atoms with Crippen LogP contribution in [0.2, 0.25) is 0 Å². The van der Waals surface area contributed by atoms with Crippen molar-refractivity contribution in [3.05, 3.63) is 54.1 Å². The van der Waals surface area contributed by atoms with Gasteiger partial charge in [-0.05, 0) is 37.6 Å². The fourth-order valence-corrected chi connectivity index (χ4v) is 4.07. The molecule has 3 rings (SSSR count). The van der Waals surface area contributed by atoms with Gasteiger partial charge < -0.3 is 10.1 Å². The zero-order valence-corrected chi connectivity index (χ0v) is 15.7. The molecule has 0 saturated heterocycles. The number of ether oxygens (including phenoxy) is 1. The van der Waals surface area contributed by atoms with Crippen molar-refractivity contribution < 1.29 is 14.3 Å². The van der Waals surface area contributed by atoms with Crippen molar-refractivity contribution in [3.63, 3.8) is 0 Å². The molecule has 1 heterocycles. The van der Waals surface area contributed by atoms with E-state index < -0.39 is 5.97 Å². The van der Waals surface area contributed by atoms with Crippen LogP contribution in [0.15, 0.2) is 53.4 Å². The summed E-state index contributed by atoms with van der Waals surface area (Å²) in [6.07, 6.45) is 0.974. The van der Waals surface area contributed by atoms with Gasteiger partial charge in [-0.3, -0.25) is 4.90 Å². The Bertz CT molecular complexity index is 809. The van der Waals surface area contributed by atoms with E-state index in [1.807, 2.05) is 24.3 Å². The monoisotopic (exact) mass is 370 g/mol. The molecule has 2 amide bonds. The molecule has 1 atom stereocenters. The first-order valence-electron chi connectivity index (χ1n) is 8.74. The molecule has 0 fully saturated rings. The van der Waals surface area contributed by atoms with E-state index in [9.17, 15) is 9.59 Å². The Labute approximate surface area is 157 Å². The van der Waals surface area contributed by atoms with Crippen LogP contribution < -0.4 is 10.2 Å². The van der Waals surface area contributed by atoms with Gasteiger partial charge in [0.15, 0.2) is 0 Å². The number of rotatable bonds is 4. The molecule has 2 aromatic rings. The maximum atomic E-state index is 13.0. The van der Waals surface area contributed by atoms with Crippen molar-refractivity contribution in [2.24, 2.45) is 0 Å². The summed E-state index contributed by atoms with van der Waals surface area (Å²) < 4.78 is 5.08. The SMILES string of the molecule is CCOC(=O)c1ccccc1NC(=O)N1C[C@H](CC)Sc2ccccc21. The largest absolute Gasteiger partial charge is 0.462 e. The average molecular weight is 370 g/mol. The second-order valence-electron chi connectivity index (χ2n) is 5.92. The lowest BCUT2D eigenvalue weighted by Gasteiger charge is -2.33. The number of carbonyl (C=O) groups is 2. The van der Waals surface area contributed by atoms with Crippen LogP contribution in [0.5, 0.6) is 0 Å². The molecular formula is C20H22N2O3S. The van der Waals surface area contributed by atoms with E-state index >= 15 is 0 Å². The fourth-order valence-electron chi connectivity index (χ4n) is 2.87. The van der Waals surface area contributed by atoms with Crippen molar-refractivity contribution in [2.75, 3.05) is 23.4 Å². The minimum absolute atomic E-state index is 0.243. The molecule has 136 valence electrons. The first-order valence-corrected chi connectivity index (χ1v) is 9.62. The van der Waals surface area contributed by atoms with Crippen LogP contribution in [0.3, 0.4) is 0 Å². The normalized spacial score (nSPS) is 15.9. The Morgan fingerprint density at radius 2 is 1.88 bits per heavy atom. The van der Waals surface area contributed by atoms with Gasteiger partial charge in [0.1, 0.15) is 0 Å². The lowest BCUT2D eigenvalue weighted by atomic mass is 10.2. The molecule has 0 unspecified atom stereocenters. The number of benzene rings is 2. The summed E-state index contributed by atoms with van der Waals surface area (Å²) >= 11 is 1.80. The zero-order valence-electron chi connectivity index (χ0n) is 14.9. The highest BCUT2D eigenvalue weighted by atomic mass is 32.2. The minimum Gasteiger partial charge on any atom is -0.462 e. The highest BCUT2D eigenvalue weighted by Crippen LogP contribution is 2.39. The molecule has 5 nitrogen and oxygen atoms in total. The molecule has 1 N–H and O–H groups in total. The number of nitrogens with zero attached hydrogens (tertiary/aromatic N) is 1. The molecule has 0 aliphatic carbocycles. The van der Waals surface area contributed by atoms with Gasteiger partial charge in [0.25, 0.3) is 0 Å². The van der Waals surface area contributed by atoms with Gasteiger partial charge >= 0.3 is 12.0 Å². The summed E-state index contributed by atoms with van der Waals surface area (Å²) in [6.45, 7) is 4.80. The van der Waals surface area contributed by atoms with E-state index in [0.29, 0.717) is 23.0 Å². The summed E-state index contributed by atoms with van der Waals surface area (Å²) in [5.41, 5.74) is 1.71. The van der Waals surface area contributed by atoms with Crippen LogP contribution in [-0.4, -0.2) is 30.4 Å². The molecule has 0 bridgehead atoms. The fraction of sp³-hybridized carbons (Fsp3) is 0.300. The topological polar surface area (TPSA) is 58.6 Å². The van der Waals surface area contributed by atoms with Crippen molar-refractivity contribution >= 4 is 35.1 Å². The first-order chi connectivity index (χ1) is 12.6. The Balaban J connectivity index is 1.86. The van der Waals surface area contributed by atoms with Crippen LogP contribution in [0, 0.1) is 0 Å². The number of hydrogen-bond acceptors (Lipinski definition) is 4. The van der Waals surface area contributed by atoms with Crippen molar-refractivity contribution in [1.29, 1.82) is 0 Å². The average Bonchev–Trinajstić information content (AvgIpc) is 2.67. The molecule has 0 aromatic heterocycles. The van der Waals surface area contributed by atoms with E-state index in [2.05, 4.69) is 12.2 Å². The number of hydrogen-bond donors (Lipinski definition) is 1. The van der Waals surface area contributed by atoms with E-state index in [4.69, 9.17) is 4.74 Å². The van der Waals surface area contributed by atoms with Gasteiger partial charge in [-0.1, -0.05) is 31.2 Å². The van der Waals surface area contributed by atoms with Crippen LogP contribution >= 0.6 is 11.8 Å². The number of anilines is 2.